The van der Waals surface area contributed by atoms with E-state index in [1.165, 1.54) is 23.5 Å². The minimum Gasteiger partial charge on any atom is -0.495 e. The smallest absolute Gasteiger partial charge is 0.246 e. The van der Waals surface area contributed by atoms with Crippen LogP contribution in [0, 0.1) is 25.6 Å². The summed E-state index contributed by atoms with van der Waals surface area (Å²) in [5.74, 6) is -0.991. The van der Waals surface area contributed by atoms with Crippen LogP contribution in [-0.2, 0) is 14.8 Å². The molecule has 2 aromatic carbocycles. The minimum atomic E-state index is -3.81. The van der Waals surface area contributed by atoms with E-state index in [9.17, 15) is 17.6 Å². The first kappa shape index (κ1) is 21.3. The normalized spacial score (nSPS) is 17.7. The van der Waals surface area contributed by atoms with Gasteiger partial charge in [-0.15, -0.1) is 0 Å². The lowest BCUT2D eigenvalue weighted by Gasteiger charge is -2.31. The molecule has 2 aromatic rings. The summed E-state index contributed by atoms with van der Waals surface area (Å²) in [6.45, 7) is 3.99. The maximum absolute atomic E-state index is 13.5. The molecule has 0 aromatic heterocycles. The Kier molecular flexibility index (Phi) is 6.24. The first-order valence-electron chi connectivity index (χ1n) is 9.44. The summed E-state index contributed by atoms with van der Waals surface area (Å²) in [5.41, 5.74) is 1.94. The predicted octanol–water partition coefficient (Wildman–Crippen LogP) is 3.49. The van der Waals surface area contributed by atoms with Crippen LogP contribution in [-0.4, -0.2) is 38.8 Å². The maximum atomic E-state index is 13.5. The lowest BCUT2D eigenvalue weighted by Crippen LogP contribution is -2.43. The Morgan fingerprint density at radius 3 is 2.69 bits per heavy atom. The molecule has 0 bridgehead atoms. The summed E-state index contributed by atoms with van der Waals surface area (Å²) >= 11 is 0. The lowest BCUT2D eigenvalue weighted by molar-refractivity contribution is -0.120. The number of piperidine rings is 1. The second-order valence-electron chi connectivity index (χ2n) is 7.31. The maximum Gasteiger partial charge on any atom is 0.246 e. The molecule has 29 heavy (non-hydrogen) atoms. The average Bonchev–Trinajstić information content (AvgIpc) is 2.70. The largest absolute Gasteiger partial charge is 0.495 e. The molecule has 0 aliphatic carbocycles. The topological polar surface area (TPSA) is 75.7 Å². The van der Waals surface area contributed by atoms with Crippen LogP contribution in [0.25, 0.3) is 0 Å². The van der Waals surface area contributed by atoms with Crippen molar-refractivity contribution >= 4 is 21.6 Å². The van der Waals surface area contributed by atoms with E-state index in [0.29, 0.717) is 25.1 Å². The number of halogens is 1. The monoisotopic (exact) mass is 420 g/mol. The number of methoxy groups -OCH3 is 1. The number of hydrogen-bond acceptors (Lipinski definition) is 4. The highest BCUT2D eigenvalue weighted by molar-refractivity contribution is 7.89. The van der Waals surface area contributed by atoms with Gasteiger partial charge in [0.05, 0.1) is 13.0 Å². The van der Waals surface area contributed by atoms with Crippen molar-refractivity contribution in [1.82, 2.24) is 4.31 Å². The Bertz CT molecular complexity index is 1020. The van der Waals surface area contributed by atoms with E-state index in [2.05, 4.69) is 5.32 Å². The van der Waals surface area contributed by atoms with E-state index in [-0.39, 0.29) is 23.1 Å². The lowest BCUT2D eigenvalue weighted by atomic mass is 9.98. The van der Waals surface area contributed by atoms with E-state index >= 15 is 0 Å². The molecule has 1 N–H and O–H groups in total. The molecule has 1 amide bonds. The number of nitrogens with zero attached hydrogens (tertiary/aromatic N) is 1. The van der Waals surface area contributed by atoms with Crippen molar-refractivity contribution in [2.45, 2.75) is 31.6 Å². The molecule has 0 unspecified atom stereocenters. The van der Waals surface area contributed by atoms with Crippen LogP contribution in [0.4, 0.5) is 10.1 Å². The molecule has 1 fully saturated rings. The molecule has 1 aliphatic heterocycles. The van der Waals surface area contributed by atoms with Gasteiger partial charge in [0.25, 0.3) is 0 Å². The number of carbonyl (C=O) groups excluding carboxylic acids is 1. The molecule has 8 heteroatoms. The number of hydrogen-bond donors (Lipinski definition) is 1. The van der Waals surface area contributed by atoms with Crippen molar-refractivity contribution in [3.63, 3.8) is 0 Å². The molecular weight excluding hydrogens is 395 g/mol. The molecule has 6 nitrogen and oxygen atoms in total. The number of rotatable bonds is 5. The van der Waals surface area contributed by atoms with Gasteiger partial charge < -0.3 is 10.1 Å². The van der Waals surface area contributed by atoms with Crippen LogP contribution in [0.1, 0.15) is 24.0 Å². The van der Waals surface area contributed by atoms with Gasteiger partial charge in [0.15, 0.2) is 0 Å². The molecular formula is C21H25FN2O4S. The number of ether oxygens (including phenoxy) is 1. The number of amides is 1. The van der Waals surface area contributed by atoms with Gasteiger partial charge in [0.1, 0.15) is 16.5 Å². The van der Waals surface area contributed by atoms with E-state index < -0.39 is 21.8 Å². The Morgan fingerprint density at radius 2 is 1.97 bits per heavy atom. The predicted molar refractivity (Wildman–Crippen MR) is 109 cm³/mol. The Balaban J connectivity index is 1.80. The Labute approximate surface area is 170 Å². The van der Waals surface area contributed by atoms with Crippen LogP contribution in [0.3, 0.4) is 0 Å². The summed E-state index contributed by atoms with van der Waals surface area (Å²) in [7, 11) is -2.39. The number of benzene rings is 2. The molecule has 0 radical (unpaired) electrons. The summed E-state index contributed by atoms with van der Waals surface area (Å²) in [6, 6.07) is 9.17. The first-order valence-corrected chi connectivity index (χ1v) is 10.9. The molecule has 0 saturated carbocycles. The third-order valence-corrected chi connectivity index (χ3v) is 7.04. The Hall–Kier alpha value is -2.45. The number of sulfonamides is 1. The zero-order chi connectivity index (χ0) is 21.2. The first-order chi connectivity index (χ1) is 13.7. The van der Waals surface area contributed by atoms with E-state index in [1.807, 2.05) is 6.92 Å². The molecule has 0 spiro atoms. The summed E-state index contributed by atoms with van der Waals surface area (Å²) < 4.78 is 46.5. The van der Waals surface area contributed by atoms with Crippen LogP contribution in [0.15, 0.2) is 41.3 Å². The number of carbonyl (C=O) groups is 1. The molecule has 156 valence electrons. The van der Waals surface area contributed by atoms with Crippen LogP contribution < -0.4 is 10.1 Å². The average molecular weight is 421 g/mol. The second-order valence-corrected chi connectivity index (χ2v) is 9.21. The minimum absolute atomic E-state index is 0.0691. The van der Waals surface area contributed by atoms with Crippen molar-refractivity contribution < 1.29 is 22.3 Å². The van der Waals surface area contributed by atoms with Gasteiger partial charge in [-0.1, -0.05) is 12.1 Å². The third kappa shape index (κ3) is 4.59. The SMILES string of the molecule is COc1ccc(C)cc1S(=O)(=O)N1CCC[C@H](C(=O)Nc2cc(F)ccc2C)C1. The fraction of sp³-hybridized carbons (Fsp3) is 0.381. The van der Waals surface area contributed by atoms with Crippen molar-refractivity contribution in [3.05, 3.63) is 53.3 Å². The molecule has 1 atom stereocenters. The van der Waals surface area contributed by atoms with E-state index in [1.54, 1.807) is 31.2 Å². The number of anilines is 1. The molecule has 1 heterocycles. The van der Waals surface area contributed by atoms with Gasteiger partial charge in [0.2, 0.25) is 15.9 Å². The number of nitrogens with one attached hydrogen (secondary N) is 1. The Morgan fingerprint density at radius 1 is 1.21 bits per heavy atom. The highest BCUT2D eigenvalue weighted by atomic mass is 32.2. The second kappa shape index (κ2) is 8.51. The van der Waals surface area contributed by atoms with Gasteiger partial charge in [-0.2, -0.15) is 4.31 Å². The van der Waals surface area contributed by atoms with Gasteiger partial charge >= 0.3 is 0 Å². The van der Waals surface area contributed by atoms with Gasteiger partial charge in [-0.25, -0.2) is 12.8 Å². The fourth-order valence-electron chi connectivity index (χ4n) is 3.46. The van der Waals surface area contributed by atoms with Gasteiger partial charge in [-0.3, -0.25) is 4.79 Å². The highest BCUT2D eigenvalue weighted by Gasteiger charge is 2.35. The zero-order valence-corrected chi connectivity index (χ0v) is 17.6. The summed E-state index contributed by atoms with van der Waals surface area (Å²) in [4.78, 5) is 12.8. The summed E-state index contributed by atoms with van der Waals surface area (Å²) in [5, 5.41) is 2.74. The van der Waals surface area contributed by atoms with Crippen molar-refractivity contribution in [2.75, 3.05) is 25.5 Å². The highest BCUT2D eigenvalue weighted by Crippen LogP contribution is 2.31. The number of aryl methyl sites for hydroxylation is 2. The molecule has 1 aliphatic rings. The fourth-order valence-corrected chi connectivity index (χ4v) is 5.23. The van der Waals surface area contributed by atoms with Crippen molar-refractivity contribution in [3.8, 4) is 5.75 Å². The standard InChI is InChI=1S/C21H25FN2O4S/c1-14-6-9-19(28-3)20(11-14)29(26,27)24-10-4-5-16(13-24)21(25)23-18-12-17(22)8-7-15(18)2/h6-9,11-12,16H,4-5,10,13H2,1-3H3,(H,23,25)/t16-/m0/s1. The molecule has 3 rings (SSSR count). The van der Waals surface area contributed by atoms with Gasteiger partial charge in [0, 0.05) is 18.8 Å². The van der Waals surface area contributed by atoms with Crippen molar-refractivity contribution in [2.24, 2.45) is 5.92 Å². The van der Waals surface area contributed by atoms with E-state index in [0.717, 1.165) is 11.1 Å². The van der Waals surface area contributed by atoms with Crippen LogP contribution >= 0.6 is 0 Å². The van der Waals surface area contributed by atoms with Crippen LogP contribution in [0.5, 0.6) is 5.75 Å². The third-order valence-electron chi connectivity index (χ3n) is 5.15. The molecule has 1 saturated heterocycles. The van der Waals surface area contributed by atoms with Crippen molar-refractivity contribution in [1.29, 1.82) is 0 Å². The van der Waals surface area contributed by atoms with Crippen LogP contribution in [0.2, 0.25) is 0 Å². The van der Waals surface area contributed by atoms with Gasteiger partial charge in [-0.05, 0) is 62.1 Å². The summed E-state index contributed by atoms with van der Waals surface area (Å²) in [6.07, 6.45) is 1.13. The van der Waals surface area contributed by atoms with E-state index in [4.69, 9.17) is 4.74 Å². The quantitative estimate of drug-likeness (QED) is 0.803. The zero-order valence-electron chi connectivity index (χ0n) is 16.7.